The van der Waals surface area contributed by atoms with Crippen molar-refractivity contribution in [1.29, 1.82) is 10.5 Å². The van der Waals surface area contributed by atoms with Gasteiger partial charge in [-0.3, -0.25) is 4.79 Å². The van der Waals surface area contributed by atoms with Crippen LogP contribution in [0.15, 0.2) is 35.9 Å². The summed E-state index contributed by atoms with van der Waals surface area (Å²) in [5, 5.41) is 23.3. The number of carbonyl (C=O) groups is 1. The summed E-state index contributed by atoms with van der Waals surface area (Å²) in [6, 6.07) is 13.5. The second kappa shape index (κ2) is 9.99. The molecule has 2 aromatic heterocycles. The van der Waals surface area contributed by atoms with Crippen LogP contribution in [0.1, 0.15) is 52.7 Å². The fraction of sp³-hybridized carbons (Fsp3) is 0.296. The molecular weight excluding hydrogens is 444 g/mol. The molecule has 1 amide bonds. The first-order valence-corrected chi connectivity index (χ1v) is 12.2. The summed E-state index contributed by atoms with van der Waals surface area (Å²) >= 11 is 1.68. The molecule has 0 spiro atoms. The van der Waals surface area contributed by atoms with Gasteiger partial charge in [0.1, 0.15) is 28.5 Å². The molecule has 3 aromatic rings. The van der Waals surface area contributed by atoms with E-state index in [4.69, 9.17) is 4.74 Å². The monoisotopic (exact) mass is 470 g/mol. The van der Waals surface area contributed by atoms with Crippen molar-refractivity contribution >= 4 is 29.0 Å². The molecule has 0 unspecified atom stereocenters. The molecule has 2 heterocycles. The lowest BCUT2D eigenvalue weighted by molar-refractivity contribution is -0.112. The SMILES string of the molecule is CCOc1cccc(NC(=O)/C(C#N)=C\c2cc(C)n(-c3sc4c(c3C#N)CCCC4)c2C)c1. The van der Waals surface area contributed by atoms with Crippen LogP contribution in [0.25, 0.3) is 11.1 Å². The maximum Gasteiger partial charge on any atom is 0.266 e. The zero-order chi connectivity index (χ0) is 24.2. The molecule has 172 valence electrons. The molecule has 1 aliphatic rings. The van der Waals surface area contributed by atoms with Crippen molar-refractivity contribution in [2.24, 2.45) is 0 Å². The van der Waals surface area contributed by atoms with E-state index >= 15 is 0 Å². The Hall–Kier alpha value is -3.81. The highest BCUT2D eigenvalue weighted by molar-refractivity contribution is 7.15. The van der Waals surface area contributed by atoms with Crippen molar-refractivity contribution in [1.82, 2.24) is 4.57 Å². The van der Waals surface area contributed by atoms with Crippen molar-refractivity contribution in [3.8, 4) is 22.9 Å². The second-order valence-corrected chi connectivity index (χ2v) is 9.33. The number of nitrogens with one attached hydrogen (secondary N) is 1. The number of hydrogen-bond donors (Lipinski definition) is 1. The van der Waals surface area contributed by atoms with Crippen LogP contribution in [0.2, 0.25) is 0 Å². The normalized spacial score (nSPS) is 13.0. The molecule has 0 atom stereocenters. The van der Waals surface area contributed by atoms with E-state index in [1.54, 1.807) is 35.6 Å². The molecule has 0 saturated heterocycles. The second-order valence-electron chi connectivity index (χ2n) is 8.25. The van der Waals surface area contributed by atoms with Gasteiger partial charge >= 0.3 is 0 Å². The van der Waals surface area contributed by atoms with Crippen molar-refractivity contribution in [3.63, 3.8) is 0 Å². The van der Waals surface area contributed by atoms with Gasteiger partial charge < -0.3 is 14.6 Å². The van der Waals surface area contributed by atoms with E-state index in [0.717, 1.165) is 53.2 Å². The molecular formula is C27H26N4O2S. The standard InChI is InChI=1S/C27H26N4O2S/c1-4-33-22-9-7-8-21(14-22)30-26(32)20(15-28)13-19-12-17(2)31(18(19)3)27-24(16-29)23-10-5-6-11-25(23)34-27/h7-9,12-14H,4-6,10-11H2,1-3H3,(H,30,32)/b20-13-. The lowest BCUT2D eigenvalue weighted by Gasteiger charge is -2.10. The number of carbonyl (C=O) groups excluding carboxylic acids is 1. The summed E-state index contributed by atoms with van der Waals surface area (Å²) in [4.78, 5) is 14.1. The molecule has 0 saturated carbocycles. The molecule has 7 heteroatoms. The fourth-order valence-corrected chi connectivity index (χ4v) is 5.85. The number of hydrogen-bond acceptors (Lipinski definition) is 5. The first-order valence-electron chi connectivity index (χ1n) is 11.4. The summed E-state index contributed by atoms with van der Waals surface area (Å²) in [6.07, 6.45) is 5.85. The molecule has 0 bridgehead atoms. The van der Waals surface area contributed by atoms with Gasteiger partial charge in [0.2, 0.25) is 0 Å². The number of anilines is 1. The van der Waals surface area contributed by atoms with Crippen molar-refractivity contribution in [2.45, 2.75) is 46.5 Å². The Morgan fingerprint density at radius 3 is 2.76 bits per heavy atom. The average molecular weight is 471 g/mol. The lowest BCUT2D eigenvalue weighted by atomic mass is 9.96. The van der Waals surface area contributed by atoms with E-state index in [2.05, 4.69) is 16.0 Å². The first kappa shape index (κ1) is 23.4. The minimum atomic E-state index is -0.481. The van der Waals surface area contributed by atoms with Gasteiger partial charge in [-0.25, -0.2) is 0 Å². The van der Waals surface area contributed by atoms with Crippen LogP contribution in [-0.2, 0) is 17.6 Å². The van der Waals surface area contributed by atoms with Gasteiger partial charge in [-0.05, 0) is 81.9 Å². The maximum atomic E-state index is 12.8. The van der Waals surface area contributed by atoms with Crippen molar-refractivity contribution in [2.75, 3.05) is 11.9 Å². The minimum absolute atomic E-state index is 0.00745. The number of aryl methyl sites for hydroxylation is 2. The van der Waals surface area contributed by atoms with Crippen LogP contribution in [0, 0.1) is 36.5 Å². The third kappa shape index (κ3) is 4.48. The Morgan fingerprint density at radius 1 is 1.24 bits per heavy atom. The summed E-state index contributed by atoms with van der Waals surface area (Å²) in [5.41, 5.74) is 5.14. The van der Waals surface area contributed by atoms with Crippen LogP contribution >= 0.6 is 11.3 Å². The highest BCUT2D eigenvalue weighted by Gasteiger charge is 2.24. The van der Waals surface area contributed by atoms with Gasteiger partial charge in [-0.1, -0.05) is 6.07 Å². The van der Waals surface area contributed by atoms with E-state index in [1.165, 1.54) is 10.4 Å². The molecule has 4 rings (SSSR count). The number of fused-ring (bicyclic) bond motifs is 1. The van der Waals surface area contributed by atoms with E-state index in [0.29, 0.717) is 18.0 Å². The Morgan fingerprint density at radius 2 is 2.03 bits per heavy atom. The van der Waals surface area contributed by atoms with E-state index in [9.17, 15) is 15.3 Å². The molecule has 0 fully saturated rings. The van der Waals surface area contributed by atoms with Gasteiger partial charge in [-0.2, -0.15) is 10.5 Å². The molecule has 1 aliphatic carbocycles. The predicted molar refractivity (Wildman–Crippen MR) is 134 cm³/mol. The van der Waals surface area contributed by atoms with Crippen molar-refractivity contribution < 1.29 is 9.53 Å². The lowest BCUT2D eigenvalue weighted by Crippen LogP contribution is -2.13. The number of rotatable bonds is 6. The maximum absolute atomic E-state index is 12.8. The van der Waals surface area contributed by atoms with Gasteiger partial charge in [0.15, 0.2) is 0 Å². The average Bonchev–Trinajstić information content (AvgIpc) is 3.33. The fourth-order valence-electron chi connectivity index (χ4n) is 4.40. The highest BCUT2D eigenvalue weighted by Crippen LogP contribution is 2.38. The predicted octanol–water partition coefficient (Wildman–Crippen LogP) is 5.85. The molecule has 34 heavy (non-hydrogen) atoms. The zero-order valence-electron chi connectivity index (χ0n) is 19.6. The Labute approximate surface area is 203 Å². The van der Waals surface area contributed by atoms with E-state index < -0.39 is 5.91 Å². The summed E-state index contributed by atoms with van der Waals surface area (Å²) in [7, 11) is 0. The Balaban J connectivity index is 1.66. The highest BCUT2D eigenvalue weighted by atomic mass is 32.1. The van der Waals surface area contributed by atoms with Gasteiger partial charge in [-0.15, -0.1) is 11.3 Å². The molecule has 1 aromatic carbocycles. The number of nitriles is 2. The first-order chi connectivity index (χ1) is 16.5. The van der Waals surface area contributed by atoms with Crippen LogP contribution in [-0.4, -0.2) is 17.1 Å². The quantitative estimate of drug-likeness (QED) is 0.361. The molecule has 1 N–H and O–H groups in total. The smallest absolute Gasteiger partial charge is 0.266 e. The minimum Gasteiger partial charge on any atom is -0.494 e. The Bertz CT molecular complexity index is 1360. The number of amides is 1. The summed E-state index contributed by atoms with van der Waals surface area (Å²) in [6.45, 7) is 6.35. The zero-order valence-corrected chi connectivity index (χ0v) is 20.4. The van der Waals surface area contributed by atoms with Crippen LogP contribution in [0.3, 0.4) is 0 Å². The molecule has 6 nitrogen and oxygen atoms in total. The van der Waals surface area contributed by atoms with E-state index in [1.807, 2.05) is 39.0 Å². The third-order valence-electron chi connectivity index (χ3n) is 6.01. The third-order valence-corrected chi connectivity index (χ3v) is 7.28. The molecule has 0 aliphatic heterocycles. The largest absolute Gasteiger partial charge is 0.494 e. The molecule has 0 radical (unpaired) electrons. The van der Waals surface area contributed by atoms with Crippen LogP contribution in [0.5, 0.6) is 5.75 Å². The number of thiophene rings is 1. The van der Waals surface area contributed by atoms with Crippen LogP contribution in [0.4, 0.5) is 5.69 Å². The van der Waals surface area contributed by atoms with Crippen molar-refractivity contribution in [3.05, 3.63) is 68.9 Å². The number of ether oxygens (including phenoxy) is 1. The Kier molecular flexibility index (Phi) is 6.86. The van der Waals surface area contributed by atoms with Gasteiger partial charge in [0.05, 0.1) is 12.2 Å². The number of nitrogens with zero attached hydrogens (tertiary/aromatic N) is 3. The summed E-state index contributed by atoms with van der Waals surface area (Å²) < 4.78 is 7.55. The number of aromatic nitrogens is 1. The number of benzene rings is 1. The van der Waals surface area contributed by atoms with Gasteiger partial charge in [0, 0.05) is 28.0 Å². The van der Waals surface area contributed by atoms with E-state index in [-0.39, 0.29) is 5.57 Å². The topological polar surface area (TPSA) is 90.8 Å². The van der Waals surface area contributed by atoms with Crippen LogP contribution < -0.4 is 10.1 Å². The van der Waals surface area contributed by atoms with Gasteiger partial charge in [0.25, 0.3) is 5.91 Å². The summed E-state index contributed by atoms with van der Waals surface area (Å²) in [5.74, 6) is 0.170.